The third-order valence-electron chi connectivity index (χ3n) is 4.43. The van der Waals surface area contributed by atoms with Crippen LogP contribution in [0.15, 0.2) is 60.7 Å². The van der Waals surface area contributed by atoms with E-state index in [0.717, 1.165) is 11.8 Å². The van der Waals surface area contributed by atoms with E-state index in [1.54, 1.807) is 0 Å². The summed E-state index contributed by atoms with van der Waals surface area (Å²) >= 11 is 0. The first-order valence-corrected chi connectivity index (χ1v) is 9.30. The van der Waals surface area contributed by atoms with E-state index in [2.05, 4.69) is 20.9 Å². The largest absolute Gasteiger partial charge is 0.390 e. The molecule has 0 bridgehead atoms. The Labute approximate surface area is 173 Å². The van der Waals surface area contributed by atoms with Gasteiger partial charge in [0.05, 0.1) is 24.0 Å². The Morgan fingerprint density at radius 1 is 1.20 bits per heavy atom. The number of urea groups is 1. The Morgan fingerprint density at radius 2 is 1.90 bits per heavy atom. The maximum Gasteiger partial charge on any atom is 0.320 e. The number of halogens is 1. The zero-order valence-corrected chi connectivity index (χ0v) is 16.3. The molecule has 1 heterocycles. The Bertz CT molecular complexity index is 1030. The lowest BCUT2D eigenvalue weighted by Gasteiger charge is -2.17. The molecule has 1 aromatic heterocycles. The molecule has 2 aromatic carbocycles. The molecule has 0 spiro atoms. The fourth-order valence-corrected chi connectivity index (χ4v) is 2.91. The summed E-state index contributed by atoms with van der Waals surface area (Å²) in [6.07, 6.45) is 1.09. The molecule has 0 aliphatic carbocycles. The van der Waals surface area contributed by atoms with Crippen molar-refractivity contribution in [2.75, 3.05) is 10.6 Å². The van der Waals surface area contributed by atoms with Crippen LogP contribution in [0.3, 0.4) is 0 Å². The Hall–Kier alpha value is -3.78. The van der Waals surface area contributed by atoms with Crippen molar-refractivity contribution in [3.63, 3.8) is 0 Å². The maximum absolute atomic E-state index is 13.1. The second kappa shape index (κ2) is 9.62. The molecular weight excluding hydrogens is 385 g/mol. The van der Waals surface area contributed by atoms with Crippen molar-refractivity contribution in [3.8, 4) is 0 Å². The summed E-state index contributed by atoms with van der Waals surface area (Å²) in [4.78, 5) is 16.6. The second-order valence-corrected chi connectivity index (χ2v) is 6.58. The van der Waals surface area contributed by atoms with Crippen LogP contribution < -0.4 is 16.0 Å². The third-order valence-corrected chi connectivity index (χ3v) is 4.43. The minimum absolute atomic E-state index is 0.194. The molecule has 8 heteroatoms. The van der Waals surface area contributed by atoms with Crippen LogP contribution in [-0.2, 0) is 6.61 Å². The number of aliphatic hydroxyl groups is 1. The summed E-state index contributed by atoms with van der Waals surface area (Å²) < 4.78 is 13.1. The summed E-state index contributed by atoms with van der Waals surface area (Å²) in [5.41, 5.74) is 2.58. The first-order chi connectivity index (χ1) is 14.5. The lowest BCUT2D eigenvalue weighted by molar-refractivity contribution is 0.249. The number of aliphatic hydroxyl groups excluding tert-OH is 1. The summed E-state index contributed by atoms with van der Waals surface area (Å²) in [6.45, 7) is 1.45. The molecule has 3 aromatic rings. The average Bonchev–Trinajstić information content (AvgIpc) is 2.76. The highest BCUT2D eigenvalue weighted by molar-refractivity contribution is 5.93. The van der Waals surface area contributed by atoms with Crippen LogP contribution in [0.5, 0.6) is 0 Å². The lowest BCUT2D eigenvalue weighted by atomic mass is 10.1. The minimum Gasteiger partial charge on any atom is -0.390 e. The fourth-order valence-electron chi connectivity index (χ4n) is 2.91. The molecule has 0 aliphatic rings. The maximum atomic E-state index is 13.1. The third kappa shape index (κ3) is 5.18. The van der Waals surface area contributed by atoms with E-state index in [4.69, 9.17) is 5.41 Å². The van der Waals surface area contributed by atoms with E-state index >= 15 is 0 Å². The molecule has 154 valence electrons. The molecule has 0 fully saturated rings. The monoisotopic (exact) mass is 407 g/mol. The molecule has 30 heavy (non-hydrogen) atoms. The lowest BCUT2D eigenvalue weighted by Crippen LogP contribution is -2.31. The van der Waals surface area contributed by atoms with Gasteiger partial charge in [-0.1, -0.05) is 30.3 Å². The number of aromatic nitrogens is 1. The van der Waals surface area contributed by atoms with Gasteiger partial charge in [0.1, 0.15) is 11.6 Å². The number of pyridine rings is 1. The number of carbonyl (C=O) groups is 1. The molecule has 0 aliphatic heterocycles. The van der Waals surface area contributed by atoms with E-state index in [1.807, 2.05) is 37.3 Å². The van der Waals surface area contributed by atoms with Gasteiger partial charge in [-0.2, -0.15) is 0 Å². The second-order valence-electron chi connectivity index (χ2n) is 6.58. The molecule has 5 N–H and O–H groups in total. The number of rotatable bonds is 7. The van der Waals surface area contributed by atoms with Gasteiger partial charge in [-0.25, -0.2) is 14.2 Å². The number of benzene rings is 2. The van der Waals surface area contributed by atoms with E-state index in [1.165, 1.54) is 30.3 Å². The number of hydrogen-bond acceptors (Lipinski definition) is 5. The van der Waals surface area contributed by atoms with Gasteiger partial charge >= 0.3 is 6.03 Å². The molecule has 0 saturated carbocycles. The van der Waals surface area contributed by atoms with E-state index < -0.39 is 12.6 Å². The highest BCUT2D eigenvalue weighted by Crippen LogP contribution is 2.26. The molecule has 1 atom stereocenters. The molecule has 2 amide bonds. The SMILES string of the molecule is C[C@@H](NC(=O)Nc1cc(C=N)c(Nc2ccc(F)cc2)c(CO)n1)c1ccccc1. The summed E-state index contributed by atoms with van der Waals surface area (Å²) in [5, 5.41) is 25.9. The highest BCUT2D eigenvalue weighted by atomic mass is 19.1. The van der Waals surface area contributed by atoms with E-state index in [0.29, 0.717) is 16.9 Å². The van der Waals surface area contributed by atoms with Gasteiger partial charge in [-0.05, 0) is 42.8 Å². The van der Waals surface area contributed by atoms with Crippen molar-refractivity contribution in [1.82, 2.24) is 10.3 Å². The van der Waals surface area contributed by atoms with Crippen molar-refractivity contribution < 1.29 is 14.3 Å². The van der Waals surface area contributed by atoms with Gasteiger partial charge in [0.25, 0.3) is 0 Å². The average molecular weight is 407 g/mol. The summed E-state index contributed by atoms with van der Waals surface area (Å²) in [5.74, 6) is -0.177. The first kappa shape index (κ1) is 20.9. The van der Waals surface area contributed by atoms with Crippen LogP contribution in [0.25, 0.3) is 0 Å². The van der Waals surface area contributed by atoms with Gasteiger partial charge < -0.3 is 21.1 Å². The predicted octanol–water partition coefficient (Wildman–Crippen LogP) is 4.34. The fraction of sp³-hybridized carbons (Fsp3) is 0.136. The van der Waals surface area contributed by atoms with Crippen LogP contribution >= 0.6 is 0 Å². The number of nitrogens with zero attached hydrogens (tertiary/aromatic N) is 1. The van der Waals surface area contributed by atoms with Gasteiger partial charge in [-0.3, -0.25) is 5.32 Å². The van der Waals surface area contributed by atoms with Crippen LogP contribution in [0.2, 0.25) is 0 Å². The van der Waals surface area contributed by atoms with Crippen molar-refractivity contribution in [2.24, 2.45) is 0 Å². The number of nitrogens with one attached hydrogen (secondary N) is 4. The normalized spacial score (nSPS) is 11.4. The number of carbonyl (C=O) groups excluding carboxylic acids is 1. The minimum atomic E-state index is -0.460. The standard InChI is InChI=1S/C22H22FN5O2/c1-14(15-5-3-2-4-6-15)25-22(30)28-20-11-16(12-24)21(19(13-29)27-20)26-18-9-7-17(23)8-10-18/h2-12,14,24,26,29H,13H2,1H3,(H2,25,27,28,30)/t14-/m1/s1. The van der Waals surface area contributed by atoms with Gasteiger partial charge in [0, 0.05) is 17.5 Å². The smallest absolute Gasteiger partial charge is 0.320 e. The quantitative estimate of drug-likeness (QED) is 0.375. The predicted molar refractivity (Wildman–Crippen MR) is 115 cm³/mol. The van der Waals surface area contributed by atoms with Crippen LogP contribution in [0.1, 0.15) is 29.8 Å². The Balaban J connectivity index is 1.78. The van der Waals surface area contributed by atoms with Crippen molar-refractivity contribution >= 4 is 29.4 Å². The highest BCUT2D eigenvalue weighted by Gasteiger charge is 2.15. The molecule has 0 saturated heterocycles. The van der Waals surface area contributed by atoms with E-state index in [-0.39, 0.29) is 23.4 Å². The van der Waals surface area contributed by atoms with Crippen molar-refractivity contribution in [2.45, 2.75) is 19.6 Å². The van der Waals surface area contributed by atoms with Crippen LogP contribution in [-0.4, -0.2) is 22.3 Å². The first-order valence-electron chi connectivity index (χ1n) is 9.30. The van der Waals surface area contributed by atoms with Crippen LogP contribution in [0, 0.1) is 11.2 Å². The van der Waals surface area contributed by atoms with Gasteiger partial charge in [0.15, 0.2) is 0 Å². The number of amides is 2. The van der Waals surface area contributed by atoms with Crippen LogP contribution in [0.4, 0.5) is 26.4 Å². The molecule has 3 rings (SSSR count). The topological polar surface area (TPSA) is 110 Å². The zero-order chi connectivity index (χ0) is 21.5. The Kier molecular flexibility index (Phi) is 6.71. The van der Waals surface area contributed by atoms with Gasteiger partial charge in [-0.15, -0.1) is 0 Å². The van der Waals surface area contributed by atoms with Gasteiger partial charge in [0.2, 0.25) is 0 Å². The molecular formula is C22H22FN5O2. The molecule has 0 radical (unpaired) electrons. The van der Waals surface area contributed by atoms with Crippen molar-refractivity contribution in [1.29, 1.82) is 5.41 Å². The summed E-state index contributed by atoms with van der Waals surface area (Å²) in [7, 11) is 0. The molecule has 0 unspecified atom stereocenters. The summed E-state index contributed by atoms with van der Waals surface area (Å²) in [6, 6.07) is 16.0. The Morgan fingerprint density at radius 3 is 2.53 bits per heavy atom. The number of anilines is 3. The zero-order valence-electron chi connectivity index (χ0n) is 16.3. The molecule has 7 nitrogen and oxygen atoms in total. The van der Waals surface area contributed by atoms with Crippen molar-refractivity contribution in [3.05, 3.63) is 83.3 Å². The van der Waals surface area contributed by atoms with E-state index in [9.17, 15) is 14.3 Å². The number of hydrogen-bond donors (Lipinski definition) is 5.